The van der Waals surface area contributed by atoms with E-state index < -0.39 is 17.3 Å². The topological polar surface area (TPSA) is 55.0 Å². The maximum absolute atomic E-state index is 13.1. The van der Waals surface area contributed by atoms with Gasteiger partial charge in [-0.3, -0.25) is 4.79 Å². The Kier molecular flexibility index (Phi) is 4.20. The molecule has 0 saturated carbocycles. The molecule has 1 aromatic heterocycles. The fraction of sp³-hybridized carbons (Fsp3) is 0.158. The van der Waals surface area contributed by atoms with Crippen molar-refractivity contribution in [2.45, 2.75) is 6.18 Å². The number of methoxy groups -OCH3 is 1. The lowest BCUT2D eigenvalue weighted by molar-refractivity contribution is -0.137. The zero-order valence-corrected chi connectivity index (χ0v) is 13.9. The third kappa shape index (κ3) is 2.80. The molecule has 0 saturated heterocycles. The van der Waals surface area contributed by atoms with Gasteiger partial charge in [0, 0.05) is 23.4 Å². The highest BCUT2D eigenvalue weighted by atomic mass is 19.4. The van der Waals surface area contributed by atoms with Gasteiger partial charge in [-0.2, -0.15) is 18.4 Å². The van der Waals surface area contributed by atoms with E-state index in [-0.39, 0.29) is 16.8 Å². The fourth-order valence-electron chi connectivity index (χ4n) is 2.90. The Morgan fingerprint density at radius 2 is 1.85 bits per heavy atom. The number of pyridine rings is 1. The van der Waals surface area contributed by atoms with Crippen LogP contribution in [0.25, 0.3) is 21.9 Å². The molecular formula is C19H13F3N2O2. The minimum atomic E-state index is -4.52. The van der Waals surface area contributed by atoms with Gasteiger partial charge in [-0.1, -0.05) is 12.1 Å². The van der Waals surface area contributed by atoms with Crippen LogP contribution in [0.15, 0.2) is 47.3 Å². The molecule has 4 nitrogen and oxygen atoms in total. The van der Waals surface area contributed by atoms with E-state index in [4.69, 9.17) is 4.74 Å². The van der Waals surface area contributed by atoms with Crippen molar-refractivity contribution in [3.8, 4) is 22.9 Å². The van der Waals surface area contributed by atoms with Gasteiger partial charge in [-0.15, -0.1) is 0 Å². The molecule has 0 unspecified atom stereocenters. The highest BCUT2D eigenvalue weighted by Gasteiger charge is 2.31. The monoisotopic (exact) mass is 358 g/mol. The van der Waals surface area contributed by atoms with E-state index in [0.29, 0.717) is 16.5 Å². The summed E-state index contributed by atoms with van der Waals surface area (Å²) in [6.45, 7) is 0. The lowest BCUT2D eigenvalue weighted by atomic mass is 9.95. The summed E-state index contributed by atoms with van der Waals surface area (Å²) in [6.07, 6.45) is -4.52. The molecule has 0 aliphatic carbocycles. The summed E-state index contributed by atoms with van der Waals surface area (Å²) in [4.78, 5) is 12.5. The Labute approximate surface area is 146 Å². The molecule has 132 valence electrons. The van der Waals surface area contributed by atoms with Crippen LogP contribution < -0.4 is 10.3 Å². The van der Waals surface area contributed by atoms with Crippen LogP contribution in [0, 0.1) is 11.3 Å². The first-order valence-corrected chi connectivity index (χ1v) is 7.56. The number of aromatic nitrogens is 1. The number of hydrogen-bond acceptors (Lipinski definition) is 3. The first kappa shape index (κ1) is 17.5. The van der Waals surface area contributed by atoms with Crippen LogP contribution in [-0.4, -0.2) is 11.7 Å². The molecule has 0 aliphatic heterocycles. The van der Waals surface area contributed by atoms with Gasteiger partial charge in [0.1, 0.15) is 17.5 Å². The summed E-state index contributed by atoms with van der Waals surface area (Å²) >= 11 is 0. The van der Waals surface area contributed by atoms with Crippen molar-refractivity contribution in [2.75, 3.05) is 7.11 Å². The standard InChI is InChI=1S/C19H13F3N2O2/c1-24-16(10-23)17(11-4-3-5-12(8-11)19(20,21)22)15-9-13(26-2)6-7-14(15)18(24)25/h3-9H,1-2H3. The van der Waals surface area contributed by atoms with Gasteiger partial charge >= 0.3 is 6.18 Å². The average molecular weight is 358 g/mol. The SMILES string of the molecule is COc1ccc2c(=O)n(C)c(C#N)c(-c3cccc(C(F)(F)F)c3)c2c1. The number of fused-ring (bicyclic) bond motifs is 1. The molecule has 0 N–H and O–H groups in total. The quantitative estimate of drug-likeness (QED) is 0.693. The van der Waals surface area contributed by atoms with Crippen molar-refractivity contribution in [2.24, 2.45) is 7.05 Å². The highest BCUT2D eigenvalue weighted by molar-refractivity contribution is 5.99. The number of ether oxygens (including phenoxy) is 1. The summed E-state index contributed by atoms with van der Waals surface area (Å²) in [6, 6.07) is 11.3. The van der Waals surface area contributed by atoms with Crippen LogP contribution in [0.3, 0.4) is 0 Å². The third-order valence-electron chi connectivity index (χ3n) is 4.19. The Balaban J connectivity index is 2.47. The van der Waals surface area contributed by atoms with Crippen LogP contribution in [0.1, 0.15) is 11.3 Å². The van der Waals surface area contributed by atoms with Crippen molar-refractivity contribution in [3.05, 3.63) is 64.1 Å². The second kappa shape index (κ2) is 6.23. The number of alkyl halides is 3. The second-order valence-electron chi connectivity index (χ2n) is 5.69. The van der Waals surface area contributed by atoms with Gasteiger partial charge in [-0.25, -0.2) is 0 Å². The van der Waals surface area contributed by atoms with E-state index in [1.54, 1.807) is 12.1 Å². The summed E-state index contributed by atoms with van der Waals surface area (Å²) in [5.74, 6) is 0.433. The van der Waals surface area contributed by atoms with E-state index in [1.165, 1.54) is 32.4 Å². The summed E-state index contributed by atoms with van der Waals surface area (Å²) < 4.78 is 45.6. The molecule has 7 heteroatoms. The molecule has 1 heterocycles. The van der Waals surface area contributed by atoms with E-state index in [0.717, 1.165) is 16.7 Å². The first-order valence-electron chi connectivity index (χ1n) is 7.56. The second-order valence-corrected chi connectivity index (χ2v) is 5.69. The Bertz CT molecular complexity index is 1110. The molecular weight excluding hydrogens is 345 g/mol. The van der Waals surface area contributed by atoms with Crippen molar-refractivity contribution in [1.29, 1.82) is 5.26 Å². The van der Waals surface area contributed by atoms with E-state index in [2.05, 4.69) is 0 Å². The highest BCUT2D eigenvalue weighted by Crippen LogP contribution is 2.36. The number of benzene rings is 2. The zero-order chi connectivity index (χ0) is 19.1. The molecule has 3 aromatic rings. The van der Waals surface area contributed by atoms with Gasteiger partial charge in [0.2, 0.25) is 0 Å². The maximum atomic E-state index is 13.1. The van der Waals surface area contributed by atoms with Crippen molar-refractivity contribution < 1.29 is 17.9 Å². The Morgan fingerprint density at radius 1 is 1.12 bits per heavy atom. The average Bonchev–Trinajstić information content (AvgIpc) is 2.63. The van der Waals surface area contributed by atoms with E-state index >= 15 is 0 Å². The lowest BCUT2D eigenvalue weighted by Gasteiger charge is -2.15. The fourth-order valence-corrected chi connectivity index (χ4v) is 2.90. The normalized spacial score (nSPS) is 11.4. The zero-order valence-electron chi connectivity index (χ0n) is 13.9. The van der Waals surface area contributed by atoms with Crippen molar-refractivity contribution in [3.63, 3.8) is 0 Å². The van der Waals surface area contributed by atoms with Gasteiger partial charge in [-0.05, 0) is 35.9 Å². The van der Waals surface area contributed by atoms with Crippen LogP contribution in [0.2, 0.25) is 0 Å². The molecule has 3 rings (SSSR count). The summed E-state index contributed by atoms with van der Waals surface area (Å²) in [7, 11) is 2.86. The predicted molar refractivity (Wildman–Crippen MR) is 90.9 cm³/mol. The molecule has 0 bridgehead atoms. The van der Waals surface area contributed by atoms with E-state index in [1.807, 2.05) is 6.07 Å². The van der Waals surface area contributed by atoms with Crippen LogP contribution in [0.5, 0.6) is 5.75 Å². The molecule has 26 heavy (non-hydrogen) atoms. The predicted octanol–water partition coefficient (Wildman–Crippen LogP) is 4.10. The van der Waals surface area contributed by atoms with Gasteiger partial charge in [0.05, 0.1) is 12.7 Å². The maximum Gasteiger partial charge on any atom is 0.416 e. The number of rotatable bonds is 2. The van der Waals surface area contributed by atoms with Crippen LogP contribution in [-0.2, 0) is 13.2 Å². The number of hydrogen-bond donors (Lipinski definition) is 0. The third-order valence-corrected chi connectivity index (χ3v) is 4.19. The lowest BCUT2D eigenvalue weighted by Crippen LogP contribution is -2.20. The van der Waals surface area contributed by atoms with Gasteiger partial charge < -0.3 is 9.30 Å². The molecule has 0 spiro atoms. The smallest absolute Gasteiger partial charge is 0.416 e. The Morgan fingerprint density at radius 3 is 2.46 bits per heavy atom. The van der Waals surface area contributed by atoms with Crippen LogP contribution >= 0.6 is 0 Å². The number of halogens is 3. The van der Waals surface area contributed by atoms with Crippen LogP contribution in [0.4, 0.5) is 13.2 Å². The molecule has 0 aliphatic rings. The molecule has 0 amide bonds. The summed E-state index contributed by atoms with van der Waals surface area (Å²) in [5, 5.41) is 10.2. The first-order chi connectivity index (χ1) is 12.3. The molecule has 2 aromatic carbocycles. The summed E-state index contributed by atoms with van der Waals surface area (Å²) in [5.41, 5.74) is -0.798. The Hall–Kier alpha value is -3.27. The molecule has 0 atom stereocenters. The van der Waals surface area contributed by atoms with E-state index in [9.17, 15) is 23.2 Å². The van der Waals surface area contributed by atoms with Gasteiger partial charge in [0.15, 0.2) is 0 Å². The largest absolute Gasteiger partial charge is 0.497 e. The number of nitrogens with zero attached hydrogens (tertiary/aromatic N) is 2. The minimum absolute atomic E-state index is 0.0184. The molecule has 0 fully saturated rings. The molecule has 0 radical (unpaired) electrons. The van der Waals surface area contributed by atoms with Crippen molar-refractivity contribution in [1.82, 2.24) is 4.57 Å². The number of nitriles is 1. The minimum Gasteiger partial charge on any atom is -0.497 e. The van der Waals surface area contributed by atoms with Crippen molar-refractivity contribution >= 4 is 10.8 Å². The van der Waals surface area contributed by atoms with Gasteiger partial charge in [0.25, 0.3) is 5.56 Å².